The van der Waals surface area contributed by atoms with E-state index in [0.717, 1.165) is 37.3 Å². The third kappa shape index (κ3) is 2.43. The molecule has 1 heterocycles. The molecule has 2 aliphatic carbocycles. The van der Waals surface area contributed by atoms with Gasteiger partial charge in [-0.3, -0.25) is 4.79 Å². The van der Waals surface area contributed by atoms with E-state index in [1.807, 2.05) is 13.0 Å². The van der Waals surface area contributed by atoms with Crippen LogP contribution in [0.4, 0.5) is 0 Å². The Kier molecular flexibility index (Phi) is 4.61. The molecule has 27 heavy (non-hydrogen) atoms. The Balaban J connectivity index is 2.04. The molecule has 4 atom stereocenters. The molecule has 1 aliphatic heterocycles. The lowest BCUT2D eigenvalue weighted by Gasteiger charge is -2.60. The van der Waals surface area contributed by atoms with Crippen LogP contribution in [0.15, 0.2) is 6.07 Å². The highest BCUT2D eigenvalue weighted by molar-refractivity contribution is 5.85. The first kappa shape index (κ1) is 18.6. The Morgan fingerprint density at radius 1 is 1.26 bits per heavy atom. The number of carbonyl (C=O) groups is 1. The highest BCUT2D eigenvalue weighted by Gasteiger charge is 2.60. The van der Waals surface area contributed by atoms with Gasteiger partial charge < -0.3 is 19.1 Å². The lowest BCUT2D eigenvalue weighted by atomic mass is 9.48. The van der Waals surface area contributed by atoms with Crippen LogP contribution in [0.3, 0.4) is 0 Å². The molecule has 2 fully saturated rings. The molecule has 1 saturated heterocycles. The molecule has 148 valence electrons. The van der Waals surface area contributed by atoms with Gasteiger partial charge in [-0.2, -0.15) is 0 Å². The summed E-state index contributed by atoms with van der Waals surface area (Å²) in [6, 6.07) is 2.41. The lowest BCUT2D eigenvalue weighted by Crippen LogP contribution is -2.64. The number of ether oxygens (including phenoxy) is 3. The van der Waals surface area contributed by atoms with Crippen molar-refractivity contribution in [1.82, 2.24) is 4.90 Å². The number of carbonyl (C=O) groups excluding carboxylic acids is 1. The van der Waals surface area contributed by atoms with Crippen molar-refractivity contribution in [3.63, 3.8) is 0 Å². The predicted octanol–water partition coefficient (Wildman–Crippen LogP) is 3.22. The molecule has 0 amide bonds. The van der Waals surface area contributed by atoms with Crippen LogP contribution in [0, 0.1) is 11.8 Å². The zero-order valence-electron chi connectivity index (χ0n) is 17.1. The SMILES string of the molecule is CCOc1cc(OC)c(OC)c2c1C[C@@H]1[C@@H]3CCC(=O)C(C)[C@]23CCN1C. The molecule has 4 rings (SSSR count). The van der Waals surface area contributed by atoms with Gasteiger partial charge in [-0.15, -0.1) is 0 Å². The highest BCUT2D eigenvalue weighted by atomic mass is 16.5. The number of fused-ring (bicyclic) bond motifs is 1. The summed E-state index contributed by atoms with van der Waals surface area (Å²) in [4.78, 5) is 15.4. The Hall–Kier alpha value is -1.75. The Labute approximate surface area is 162 Å². The normalized spacial score (nSPS) is 32.5. The fourth-order valence-electron chi connectivity index (χ4n) is 6.17. The summed E-state index contributed by atoms with van der Waals surface area (Å²) >= 11 is 0. The van der Waals surface area contributed by atoms with E-state index in [1.165, 1.54) is 11.1 Å². The maximum atomic E-state index is 12.9. The second kappa shape index (κ2) is 6.69. The molecular weight excluding hydrogens is 342 g/mol. The van der Waals surface area contributed by atoms with E-state index in [-0.39, 0.29) is 11.3 Å². The Morgan fingerprint density at radius 3 is 2.70 bits per heavy atom. The number of nitrogens with zero attached hydrogens (tertiary/aromatic N) is 1. The molecule has 3 aliphatic rings. The summed E-state index contributed by atoms with van der Waals surface area (Å²) < 4.78 is 17.6. The number of Topliss-reactive ketones (excluding diaryl/α,β-unsaturated/α-hetero) is 1. The zero-order chi connectivity index (χ0) is 19.3. The summed E-state index contributed by atoms with van der Waals surface area (Å²) in [6.07, 6.45) is 3.56. The van der Waals surface area contributed by atoms with Crippen molar-refractivity contribution in [1.29, 1.82) is 0 Å². The van der Waals surface area contributed by atoms with E-state index in [2.05, 4.69) is 18.9 Å². The number of methoxy groups -OCH3 is 2. The fraction of sp³-hybridized carbons (Fsp3) is 0.682. The van der Waals surface area contributed by atoms with Crippen LogP contribution < -0.4 is 14.2 Å². The summed E-state index contributed by atoms with van der Waals surface area (Å²) in [7, 11) is 5.60. The summed E-state index contributed by atoms with van der Waals surface area (Å²) in [6.45, 7) is 5.74. The molecule has 0 aromatic heterocycles. The van der Waals surface area contributed by atoms with Gasteiger partial charge in [-0.1, -0.05) is 6.92 Å². The van der Waals surface area contributed by atoms with Crippen LogP contribution in [0.25, 0.3) is 0 Å². The van der Waals surface area contributed by atoms with Crippen molar-refractivity contribution in [3.05, 3.63) is 17.2 Å². The van der Waals surface area contributed by atoms with Crippen molar-refractivity contribution in [2.75, 3.05) is 34.4 Å². The van der Waals surface area contributed by atoms with Crippen LogP contribution in [0.2, 0.25) is 0 Å². The summed E-state index contributed by atoms with van der Waals surface area (Å²) in [5.41, 5.74) is 2.21. The van der Waals surface area contributed by atoms with Crippen LogP contribution in [-0.4, -0.2) is 51.1 Å². The molecule has 1 aromatic carbocycles. The van der Waals surface area contributed by atoms with Gasteiger partial charge in [0.1, 0.15) is 11.5 Å². The maximum Gasteiger partial charge on any atom is 0.165 e. The van der Waals surface area contributed by atoms with E-state index >= 15 is 0 Å². The van der Waals surface area contributed by atoms with Crippen LogP contribution in [-0.2, 0) is 16.6 Å². The minimum atomic E-state index is -0.189. The quantitative estimate of drug-likeness (QED) is 0.811. The lowest BCUT2D eigenvalue weighted by molar-refractivity contribution is -0.134. The van der Waals surface area contributed by atoms with E-state index < -0.39 is 0 Å². The Bertz CT molecular complexity index is 761. The molecule has 0 radical (unpaired) electrons. The van der Waals surface area contributed by atoms with Gasteiger partial charge in [0.2, 0.25) is 0 Å². The van der Waals surface area contributed by atoms with E-state index in [0.29, 0.717) is 36.5 Å². The summed E-state index contributed by atoms with van der Waals surface area (Å²) in [5, 5.41) is 0. The van der Waals surface area contributed by atoms with Crippen LogP contribution in [0.5, 0.6) is 17.2 Å². The van der Waals surface area contributed by atoms with Crippen molar-refractivity contribution >= 4 is 5.78 Å². The number of hydrogen-bond acceptors (Lipinski definition) is 5. The standard InChI is InChI=1S/C22H31NO4/c1-6-27-18-12-19(25-4)21(26-5)20-14(18)11-16-15-7-8-17(24)13(2)22(15,20)9-10-23(16)3/h12-13,15-16H,6-11H2,1-5H3/t13?,15-,16+,22-/m0/s1. The number of piperidine rings is 1. The molecule has 2 bridgehead atoms. The number of hydrogen-bond donors (Lipinski definition) is 0. The van der Waals surface area contributed by atoms with Crippen molar-refractivity contribution < 1.29 is 19.0 Å². The largest absolute Gasteiger partial charge is 0.493 e. The monoisotopic (exact) mass is 373 g/mol. The smallest absolute Gasteiger partial charge is 0.165 e. The molecule has 1 saturated carbocycles. The van der Waals surface area contributed by atoms with Gasteiger partial charge in [0.15, 0.2) is 11.5 Å². The van der Waals surface area contributed by atoms with E-state index in [9.17, 15) is 4.79 Å². The third-order valence-electron chi connectivity index (χ3n) is 7.44. The van der Waals surface area contributed by atoms with Gasteiger partial charge in [0.25, 0.3) is 0 Å². The Morgan fingerprint density at radius 2 is 2.04 bits per heavy atom. The van der Waals surface area contributed by atoms with Gasteiger partial charge >= 0.3 is 0 Å². The second-order valence-electron chi connectivity index (χ2n) is 8.27. The molecule has 1 unspecified atom stereocenters. The number of rotatable bonds is 4. The maximum absolute atomic E-state index is 12.9. The van der Waals surface area contributed by atoms with E-state index in [4.69, 9.17) is 14.2 Å². The van der Waals surface area contributed by atoms with Gasteiger partial charge in [0, 0.05) is 41.0 Å². The first-order chi connectivity index (χ1) is 13.0. The molecular formula is C22H31NO4. The minimum absolute atomic E-state index is 0.0121. The first-order valence-corrected chi connectivity index (χ1v) is 10.1. The average molecular weight is 373 g/mol. The van der Waals surface area contributed by atoms with Crippen molar-refractivity contribution in [3.8, 4) is 17.2 Å². The van der Waals surface area contributed by atoms with Crippen molar-refractivity contribution in [2.45, 2.75) is 51.0 Å². The minimum Gasteiger partial charge on any atom is -0.493 e. The van der Waals surface area contributed by atoms with Gasteiger partial charge in [0.05, 0.1) is 20.8 Å². The van der Waals surface area contributed by atoms with Crippen molar-refractivity contribution in [2.24, 2.45) is 11.8 Å². The molecule has 5 heteroatoms. The topological polar surface area (TPSA) is 48.0 Å². The summed E-state index contributed by atoms with van der Waals surface area (Å²) in [5.74, 6) is 3.22. The van der Waals surface area contributed by atoms with Crippen LogP contribution in [0.1, 0.15) is 44.2 Å². The zero-order valence-corrected chi connectivity index (χ0v) is 17.1. The number of likely N-dealkylation sites (tertiary alicyclic amines) is 1. The first-order valence-electron chi connectivity index (χ1n) is 10.1. The van der Waals surface area contributed by atoms with E-state index in [1.54, 1.807) is 14.2 Å². The third-order valence-corrected chi connectivity index (χ3v) is 7.44. The molecule has 1 aromatic rings. The number of likely N-dealkylation sites (N-methyl/N-ethyl adjacent to an activating group) is 1. The molecule has 5 nitrogen and oxygen atoms in total. The predicted molar refractivity (Wildman–Crippen MR) is 104 cm³/mol. The molecule has 0 N–H and O–H groups in total. The fourth-order valence-corrected chi connectivity index (χ4v) is 6.17. The van der Waals surface area contributed by atoms with Crippen LogP contribution >= 0.6 is 0 Å². The van der Waals surface area contributed by atoms with Gasteiger partial charge in [-0.05, 0) is 45.7 Å². The van der Waals surface area contributed by atoms with Gasteiger partial charge in [-0.25, -0.2) is 0 Å². The highest BCUT2D eigenvalue weighted by Crippen LogP contribution is 2.61. The average Bonchev–Trinajstić information content (AvgIpc) is 2.67. The second-order valence-corrected chi connectivity index (χ2v) is 8.27. The number of ketones is 1. The molecule has 0 spiro atoms. The number of benzene rings is 1.